The molecule has 5 nitrogen and oxygen atoms in total. The van der Waals surface area contributed by atoms with Crippen LogP contribution in [0.5, 0.6) is 0 Å². The van der Waals surface area contributed by atoms with E-state index in [1.165, 1.54) is 6.07 Å². The third-order valence-electron chi connectivity index (χ3n) is 3.56. The monoisotopic (exact) mass is 317 g/mol. The SMILES string of the molecule is Cc1cc(Cl)c(S(=O)(=O)NC2CCCN(C)C2)cc1N. The van der Waals surface area contributed by atoms with Crippen LogP contribution < -0.4 is 10.5 Å². The summed E-state index contributed by atoms with van der Waals surface area (Å²) in [6.45, 7) is 3.50. The van der Waals surface area contributed by atoms with Crippen LogP contribution in [0.4, 0.5) is 5.69 Å². The highest BCUT2D eigenvalue weighted by Gasteiger charge is 2.25. The predicted octanol–water partition coefficient (Wildman–Crippen LogP) is 1.60. The number of hydrogen-bond donors (Lipinski definition) is 2. The molecule has 0 aliphatic carbocycles. The quantitative estimate of drug-likeness (QED) is 0.830. The number of hydrogen-bond acceptors (Lipinski definition) is 4. The molecule has 0 spiro atoms. The topological polar surface area (TPSA) is 75.4 Å². The first-order valence-electron chi connectivity index (χ1n) is 6.56. The zero-order chi connectivity index (χ0) is 14.9. The number of anilines is 1. The number of halogens is 1. The highest BCUT2D eigenvalue weighted by molar-refractivity contribution is 7.89. The summed E-state index contributed by atoms with van der Waals surface area (Å²) in [6.07, 6.45) is 1.82. The van der Waals surface area contributed by atoms with Crippen LogP contribution in [-0.2, 0) is 10.0 Å². The minimum Gasteiger partial charge on any atom is -0.398 e. The van der Waals surface area contributed by atoms with Crippen molar-refractivity contribution in [3.05, 3.63) is 22.7 Å². The van der Waals surface area contributed by atoms with Gasteiger partial charge < -0.3 is 10.6 Å². The van der Waals surface area contributed by atoms with Gasteiger partial charge in [0.25, 0.3) is 0 Å². The summed E-state index contributed by atoms with van der Waals surface area (Å²) in [5, 5.41) is 0.202. The molecule has 7 heteroatoms. The van der Waals surface area contributed by atoms with E-state index in [1.807, 2.05) is 7.05 Å². The molecule has 112 valence electrons. The van der Waals surface area contributed by atoms with E-state index in [2.05, 4.69) is 9.62 Å². The molecule has 1 unspecified atom stereocenters. The molecule has 1 fully saturated rings. The highest BCUT2D eigenvalue weighted by Crippen LogP contribution is 2.27. The Labute approximate surface area is 125 Å². The lowest BCUT2D eigenvalue weighted by Gasteiger charge is -2.30. The summed E-state index contributed by atoms with van der Waals surface area (Å²) in [5.74, 6) is 0. The summed E-state index contributed by atoms with van der Waals surface area (Å²) in [7, 11) is -1.66. The molecule has 1 aliphatic heterocycles. The maximum absolute atomic E-state index is 12.4. The number of sulfonamides is 1. The maximum Gasteiger partial charge on any atom is 0.242 e. The molecule has 1 aromatic rings. The van der Waals surface area contributed by atoms with E-state index in [1.54, 1.807) is 13.0 Å². The van der Waals surface area contributed by atoms with Gasteiger partial charge in [-0.15, -0.1) is 0 Å². The second-order valence-electron chi connectivity index (χ2n) is 5.36. The molecule has 0 radical (unpaired) electrons. The number of nitrogens with two attached hydrogens (primary N) is 1. The standard InChI is InChI=1S/C13H20ClN3O2S/c1-9-6-11(14)13(7-12(9)15)20(18,19)16-10-4-3-5-17(2)8-10/h6-7,10,16H,3-5,8,15H2,1-2H3. The molecule has 0 aromatic heterocycles. The number of likely N-dealkylation sites (N-methyl/N-ethyl adjacent to an activating group) is 1. The minimum atomic E-state index is -3.64. The summed E-state index contributed by atoms with van der Waals surface area (Å²) in [6, 6.07) is 2.92. The fourth-order valence-corrected chi connectivity index (χ4v) is 4.30. The van der Waals surface area contributed by atoms with Crippen LogP contribution in [0.15, 0.2) is 17.0 Å². The van der Waals surface area contributed by atoms with Crippen LogP contribution in [0.1, 0.15) is 18.4 Å². The van der Waals surface area contributed by atoms with Gasteiger partial charge in [-0.25, -0.2) is 13.1 Å². The number of nitrogen functional groups attached to an aromatic ring is 1. The fraction of sp³-hybridized carbons (Fsp3) is 0.538. The average Bonchev–Trinajstić information content (AvgIpc) is 2.33. The fourth-order valence-electron chi connectivity index (χ4n) is 2.42. The van der Waals surface area contributed by atoms with Crippen LogP contribution in [-0.4, -0.2) is 39.5 Å². The third-order valence-corrected chi connectivity index (χ3v) is 5.54. The molecule has 0 bridgehead atoms. The second kappa shape index (κ2) is 5.89. The Morgan fingerprint density at radius 1 is 1.45 bits per heavy atom. The van der Waals surface area contributed by atoms with Gasteiger partial charge in [-0.2, -0.15) is 0 Å². The Hall–Kier alpha value is -0.820. The number of nitrogens with one attached hydrogen (secondary N) is 1. The largest absolute Gasteiger partial charge is 0.398 e. The van der Waals surface area contributed by atoms with Gasteiger partial charge in [-0.3, -0.25) is 0 Å². The predicted molar refractivity (Wildman–Crippen MR) is 81.4 cm³/mol. The molecule has 1 saturated heterocycles. The van der Waals surface area contributed by atoms with Crippen LogP contribution in [0.3, 0.4) is 0 Å². The zero-order valence-electron chi connectivity index (χ0n) is 11.7. The second-order valence-corrected chi connectivity index (χ2v) is 7.45. The Balaban J connectivity index is 2.24. The van der Waals surface area contributed by atoms with Crippen molar-refractivity contribution in [1.29, 1.82) is 0 Å². The normalized spacial score (nSPS) is 21.1. The van der Waals surface area contributed by atoms with Crippen LogP contribution in [0.2, 0.25) is 5.02 Å². The molecule has 1 atom stereocenters. The summed E-state index contributed by atoms with van der Waals surface area (Å²) < 4.78 is 27.6. The summed E-state index contributed by atoms with van der Waals surface area (Å²) in [4.78, 5) is 2.16. The number of aryl methyl sites for hydroxylation is 1. The smallest absolute Gasteiger partial charge is 0.242 e. The lowest BCUT2D eigenvalue weighted by atomic mass is 10.1. The van der Waals surface area contributed by atoms with Crippen molar-refractivity contribution in [3.63, 3.8) is 0 Å². The van der Waals surface area contributed by atoms with E-state index in [-0.39, 0.29) is 16.0 Å². The average molecular weight is 318 g/mol. The molecule has 0 saturated carbocycles. The van der Waals surface area contributed by atoms with E-state index in [0.29, 0.717) is 12.2 Å². The molecule has 1 heterocycles. The van der Waals surface area contributed by atoms with Crippen molar-refractivity contribution in [2.24, 2.45) is 0 Å². The van der Waals surface area contributed by atoms with Crippen LogP contribution in [0.25, 0.3) is 0 Å². The third kappa shape index (κ3) is 3.44. The zero-order valence-corrected chi connectivity index (χ0v) is 13.3. The van der Waals surface area contributed by atoms with Crippen LogP contribution in [0, 0.1) is 6.92 Å². The van der Waals surface area contributed by atoms with Gasteiger partial charge in [0.1, 0.15) is 4.90 Å². The lowest BCUT2D eigenvalue weighted by molar-refractivity contribution is 0.242. The van der Waals surface area contributed by atoms with Crippen LogP contribution >= 0.6 is 11.6 Å². The first-order chi connectivity index (χ1) is 9.29. The van der Waals surface area contributed by atoms with Gasteiger partial charge in [0, 0.05) is 18.3 Å². The van der Waals surface area contributed by atoms with Crippen molar-refractivity contribution >= 4 is 27.3 Å². The molecule has 1 aliphatic rings. The van der Waals surface area contributed by atoms with E-state index >= 15 is 0 Å². The maximum atomic E-state index is 12.4. The van der Waals surface area contributed by atoms with Crippen molar-refractivity contribution in [3.8, 4) is 0 Å². The van der Waals surface area contributed by atoms with Gasteiger partial charge in [-0.05, 0) is 51.1 Å². The molecular formula is C13H20ClN3O2S. The van der Waals surface area contributed by atoms with Gasteiger partial charge in [0.15, 0.2) is 0 Å². The van der Waals surface area contributed by atoms with Gasteiger partial charge in [0.05, 0.1) is 5.02 Å². The van der Waals surface area contributed by atoms with Gasteiger partial charge in [-0.1, -0.05) is 11.6 Å². The Kier molecular flexibility index (Phi) is 4.59. The van der Waals surface area contributed by atoms with E-state index in [0.717, 1.165) is 24.9 Å². The lowest BCUT2D eigenvalue weighted by Crippen LogP contribution is -2.46. The van der Waals surface area contributed by atoms with E-state index < -0.39 is 10.0 Å². The Morgan fingerprint density at radius 3 is 2.80 bits per heavy atom. The number of likely N-dealkylation sites (tertiary alicyclic amines) is 1. The minimum absolute atomic E-state index is 0.0514. The number of piperidine rings is 1. The van der Waals surface area contributed by atoms with Gasteiger partial charge >= 0.3 is 0 Å². The molecule has 1 aromatic carbocycles. The number of nitrogens with zero attached hydrogens (tertiary/aromatic N) is 1. The van der Waals surface area contributed by atoms with Crippen molar-refractivity contribution in [1.82, 2.24) is 9.62 Å². The summed E-state index contributed by atoms with van der Waals surface area (Å²) >= 11 is 6.05. The molecule has 20 heavy (non-hydrogen) atoms. The van der Waals surface area contributed by atoms with E-state index in [4.69, 9.17) is 17.3 Å². The molecule has 0 amide bonds. The van der Waals surface area contributed by atoms with Crippen molar-refractivity contribution < 1.29 is 8.42 Å². The van der Waals surface area contributed by atoms with Crippen molar-refractivity contribution in [2.75, 3.05) is 25.9 Å². The number of benzene rings is 1. The first-order valence-corrected chi connectivity index (χ1v) is 8.42. The Bertz CT molecular complexity index is 604. The van der Waals surface area contributed by atoms with Crippen molar-refractivity contribution in [2.45, 2.75) is 30.7 Å². The highest BCUT2D eigenvalue weighted by atomic mass is 35.5. The summed E-state index contributed by atoms with van der Waals surface area (Å²) in [5.41, 5.74) is 6.98. The molecular weight excluding hydrogens is 298 g/mol. The number of rotatable bonds is 3. The van der Waals surface area contributed by atoms with Gasteiger partial charge in [0.2, 0.25) is 10.0 Å². The molecule has 2 rings (SSSR count). The Morgan fingerprint density at radius 2 is 2.15 bits per heavy atom. The molecule has 3 N–H and O–H groups in total. The first kappa shape index (κ1) is 15.6. The van der Waals surface area contributed by atoms with E-state index in [9.17, 15) is 8.42 Å².